The second-order valence-corrected chi connectivity index (χ2v) is 5.98. The smallest absolute Gasteiger partial charge is 0.305 e. The maximum absolute atomic E-state index is 11.9. The summed E-state index contributed by atoms with van der Waals surface area (Å²) in [6.07, 6.45) is 2.95. The first kappa shape index (κ1) is 17.2. The molecule has 0 aliphatic rings. The molecule has 1 rings (SSSR count). The number of esters is 1. The van der Waals surface area contributed by atoms with Gasteiger partial charge >= 0.3 is 5.97 Å². The van der Waals surface area contributed by atoms with Gasteiger partial charge in [-0.2, -0.15) is 0 Å². The summed E-state index contributed by atoms with van der Waals surface area (Å²) in [5.41, 5.74) is 0.620. The lowest BCUT2D eigenvalue weighted by atomic mass is 10.2. The highest BCUT2D eigenvalue weighted by molar-refractivity contribution is 9.13. The van der Waals surface area contributed by atoms with E-state index in [0.29, 0.717) is 18.5 Å². The second kappa shape index (κ2) is 9.13. The van der Waals surface area contributed by atoms with E-state index in [-0.39, 0.29) is 11.9 Å². The van der Waals surface area contributed by atoms with Crippen LogP contribution in [0.2, 0.25) is 0 Å². The number of carbonyl (C=O) groups excluding carboxylic acids is 2. The molecule has 0 saturated carbocycles. The van der Waals surface area contributed by atoms with E-state index in [1.54, 1.807) is 12.1 Å². The van der Waals surface area contributed by atoms with Gasteiger partial charge in [-0.25, -0.2) is 0 Å². The average Bonchev–Trinajstić information content (AvgIpc) is 2.44. The molecule has 0 heterocycles. The van der Waals surface area contributed by atoms with E-state index >= 15 is 0 Å². The molecule has 110 valence electrons. The second-order valence-electron chi connectivity index (χ2n) is 4.27. The van der Waals surface area contributed by atoms with E-state index in [2.05, 4.69) is 41.9 Å². The van der Waals surface area contributed by atoms with Crippen LogP contribution in [0.25, 0.3) is 0 Å². The Morgan fingerprint density at radius 3 is 2.55 bits per heavy atom. The van der Waals surface area contributed by atoms with Crippen LogP contribution in [0.15, 0.2) is 27.1 Å². The first-order valence-electron chi connectivity index (χ1n) is 6.34. The molecule has 1 amide bonds. The molecular weight excluding hydrogens is 390 g/mol. The molecule has 0 fully saturated rings. The van der Waals surface area contributed by atoms with Gasteiger partial charge in [-0.1, -0.05) is 6.42 Å². The third-order valence-electron chi connectivity index (χ3n) is 2.75. The van der Waals surface area contributed by atoms with E-state index in [1.165, 1.54) is 7.11 Å². The molecular formula is C14H17Br2NO3. The third kappa shape index (κ3) is 6.05. The van der Waals surface area contributed by atoms with Crippen molar-refractivity contribution in [1.29, 1.82) is 0 Å². The van der Waals surface area contributed by atoms with Gasteiger partial charge in [0.25, 0.3) is 5.91 Å². The number of hydrogen-bond acceptors (Lipinski definition) is 3. The van der Waals surface area contributed by atoms with E-state index in [0.717, 1.165) is 28.2 Å². The maximum Gasteiger partial charge on any atom is 0.305 e. The quantitative estimate of drug-likeness (QED) is 0.555. The molecule has 1 N–H and O–H groups in total. The number of halogens is 2. The summed E-state index contributed by atoms with van der Waals surface area (Å²) in [5.74, 6) is -0.278. The van der Waals surface area contributed by atoms with Gasteiger partial charge in [0.1, 0.15) is 0 Å². The summed E-state index contributed by atoms with van der Waals surface area (Å²) in [7, 11) is 1.39. The van der Waals surface area contributed by atoms with Gasteiger partial charge in [0.15, 0.2) is 0 Å². The SMILES string of the molecule is COC(=O)CCCCCNC(=O)c1ccc(Br)c(Br)c1. The van der Waals surface area contributed by atoms with Gasteiger partial charge in [0, 0.05) is 27.5 Å². The molecule has 20 heavy (non-hydrogen) atoms. The molecule has 0 aromatic heterocycles. The van der Waals surface area contributed by atoms with Crippen molar-refractivity contribution in [2.75, 3.05) is 13.7 Å². The van der Waals surface area contributed by atoms with Crippen molar-refractivity contribution in [3.8, 4) is 0 Å². The van der Waals surface area contributed by atoms with Crippen molar-refractivity contribution >= 4 is 43.7 Å². The standard InChI is InChI=1S/C14H17Br2NO3/c1-20-13(18)5-3-2-4-8-17-14(19)10-6-7-11(15)12(16)9-10/h6-7,9H,2-5,8H2,1H3,(H,17,19). The topological polar surface area (TPSA) is 55.4 Å². The number of amides is 1. The van der Waals surface area contributed by atoms with Crippen molar-refractivity contribution in [3.63, 3.8) is 0 Å². The molecule has 1 aromatic carbocycles. The molecule has 0 spiro atoms. The highest BCUT2D eigenvalue weighted by Gasteiger charge is 2.07. The van der Waals surface area contributed by atoms with Gasteiger partial charge in [-0.05, 0) is 62.9 Å². The highest BCUT2D eigenvalue weighted by atomic mass is 79.9. The maximum atomic E-state index is 11.9. The minimum atomic E-state index is -0.186. The van der Waals surface area contributed by atoms with E-state index in [9.17, 15) is 9.59 Å². The van der Waals surface area contributed by atoms with Crippen molar-refractivity contribution in [2.45, 2.75) is 25.7 Å². The van der Waals surface area contributed by atoms with Crippen molar-refractivity contribution < 1.29 is 14.3 Å². The zero-order chi connectivity index (χ0) is 15.0. The first-order chi connectivity index (χ1) is 9.54. The third-order valence-corrected chi connectivity index (χ3v) is 4.63. The number of rotatable bonds is 7. The predicted octanol–water partition coefficient (Wildman–Crippen LogP) is 3.67. The van der Waals surface area contributed by atoms with Crippen LogP contribution in [0, 0.1) is 0 Å². The molecule has 0 saturated heterocycles. The van der Waals surface area contributed by atoms with Crippen LogP contribution in [0.5, 0.6) is 0 Å². The Morgan fingerprint density at radius 1 is 1.15 bits per heavy atom. The van der Waals surface area contributed by atoms with Gasteiger partial charge in [0.2, 0.25) is 0 Å². The number of carbonyl (C=O) groups is 2. The van der Waals surface area contributed by atoms with E-state index in [4.69, 9.17) is 0 Å². The number of methoxy groups -OCH3 is 1. The Labute approximate surface area is 135 Å². The number of benzene rings is 1. The normalized spacial score (nSPS) is 10.2. The zero-order valence-electron chi connectivity index (χ0n) is 11.2. The number of unbranched alkanes of at least 4 members (excludes halogenated alkanes) is 2. The molecule has 0 bridgehead atoms. The Kier molecular flexibility index (Phi) is 7.84. The van der Waals surface area contributed by atoms with E-state index in [1.807, 2.05) is 6.07 Å². The summed E-state index contributed by atoms with van der Waals surface area (Å²) in [6, 6.07) is 5.37. The largest absolute Gasteiger partial charge is 0.469 e. The molecule has 0 aliphatic carbocycles. The summed E-state index contributed by atoms with van der Waals surface area (Å²) in [6.45, 7) is 0.605. The van der Waals surface area contributed by atoms with Gasteiger partial charge in [0.05, 0.1) is 7.11 Å². The fourth-order valence-electron chi connectivity index (χ4n) is 1.61. The molecule has 1 aromatic rings. The van der Waals surface area contributed by atoms with Crippen LogP contribution in [-0.2, 0) is 9.53 Å². The van der Waals surface area contributed by atoms with Crippen LogP contribution in [-0.4, -0.2) is 25.5 Å². The summed E-state index contributed by atoms with van der Waals surface area (Å²) in [4.78, 5) is 22.8. The van der Waals surface area contributed by atoms with Gasteiger partial charge in [-0.15, -0.1) is 0 Å². The van der Waals surface area contributed by atoms with Crippen LogP contribution in [0.4, 0.5) is 0 Å². The fourth-order valence-corrected chi connectivity index (χ4v) is 2.24. The van der Waals surface area contributed by atoms with E-state index < -0.39 is 0 Å². The molecule has 0 aliphatic heterocycles. The molecule has 0 unspecified atom stereocenters. The Morgan fingerprint density at radius 2 is 1.90 bits per heavy atom. The molecule has 0 radical (unpaired) electrons. The number of hydrogen-bond donors (Lipinski definition) is 1. The minimum absolute atomic E-state index is 0.0915. The predicted molar refractivity (Wildman–Crippen MR) is 84.7 cm³/mol. The average molecular weight is 407 g/mol. The molecule has 4 nitrogen and oxygen atoms in total. The van der Waals surface area contributed by atoms with Crippen LogP contribution >= 0.6 is 31.9 Å². The zero-order valence-corrected chi connectivity index (χ0v) is 14.4. The van der Waals surface area contributed by atoms with Crippen LogP contribution in [0.1, 0.15) is 36.0 Å². The highest BCUT2D eigenvalue weighted by Crippen LogP contribution is 2.23. The van der Waals surface area contributed by atoms with Crippen LogP contribution in [0.3, 0.4) is 0 Å². The first-order valence-corrected chi connectivity index (χ1v) is 7.93. The Bertz CT molecular complexity index is 477. The van der Waals surface area contributed by atoms with Gasteiger partial charge < -0.3 is 10.1 Å². The van der Waals surface area contributed by atoms with Crippen LogP contribution < -0.4 is 5.32 Å². The summed E-state index contributed by atoms with van der Waals surface area (Å²) < 4.78 is 6.32. The summed E-state index contributed by atoms with van der Waals surface area (Å²) >= 11 is 6.73. The number of nitrogens with one attached hydrogen (secondary N) is 1. The molecule has 6 heteroatoms. The van der Waals surface area contributed by atoms with Gasteiger partial charge in [-0.3, -0.25) is 9.59 Å². The van der Waals surface area contributed by atoms with Crippen molar-refractivity contribution in [1.82, 2.24) is 5.32 Å². The Hall–Kier alpha value is -0.880. The Balaban J connectivity index is 2.23. The lowest BCUT2D eigenvalue weighted by molar-refractivity contribution is -0.140. The summed E-state index contributed by atoms with van der Waals surface area (Å²) in [5, 5.41) is 2.86. The van der Waals surface area contributed by atoms with Crippen molar-refractivity contribution in [2.24, 2.45) is 0 Å². The minimum Gasteiger partial charge on any atom is -0.469 e. The van der Waals surface area contributed by atoms with Crippen molar-refractivity contribution in [3.05, 3.63) is 32.7 Å². The monoisotopic (exact) mass is 405 g/mol. The number of ether oxygens (including phenoxy) is 1. The fraction of sp³-hybridized carbons (Fsp3) is 0.429. The lowest BCUT2D eigenvalue weighted by Crippen LogP contribution is -2.24. The molecule has 0 atom stereocenters. The lowest BCUT2D eigenvalue weighted by Gasteiger charge is -2.06.